The van der Waals surface area contributed by atoms with Gasteiger partial charge in [0, 0.05) is 5.69 Å². The van der Waals surface area contributed by atoms with Gasteiger partial charge in [0.25, 0.3) is 5.56 Å². The summed E-state index contributed by atoms with van der Waals surface area (Å²) < 4.78 is 0. The highest BCUT2D eigenvalue weighted by Gasteiger charge is 2.12. The second kappa shape index (κ2) is 9.32. The third kappa shape index (κ3) is 5.30. The molecule has 0 saturated carbocycles. The summed E-state index contributed by atoms with van der Waals surface area (Å²) in [6, 6.07) is 12.9. The minimum absolute atomic E-state index is 0.0627. The number of likely N-dealkylation sites (N-methyl/N-ethyl adjacent to an activating group) is 1. The summed E-state index contributed by atoms with van der Waals surface area (Å²) in [6.45, 7) is 4.07. The minimum Gasteiger partial charge on any atom is -0.346 e. The molecule has 2 aromatic carbocycles. The van der Waals surface area contributed by atoms with Crippen LogP contribution in [0.3, 0.4) is 0 Å². The largest absolute Gasteiger partial charge is 0.346 e. The van der Waals surface area contributed by atoms with Crippen molar-refractivity contribution >= 4 is 28.4 Å². The molecule has 156 valence electrons. The Hall–Kier alpha value is -3.52. The third-order valence-electron chi connectivity index (χ3n) is 4.69. The first kappa shape index (κ1) is 21.2. The van der Waals surface area contributed by atoms with E-state index in [9.17, 15) is 14.4 Å². The normalized spacial score (nSPS) is 10.9. The average Bonchev–Trinajstić information content (AvgIpc) is 2.69. The van der Waals surface area contributed by atoms with E-state index < -0.39 is 0 Å². The van der Waals surface area contributed by atoms with Gasteiger partial charge in [-0.1, -0.05) is 30.3 Å². The van der Waals surface area contributed by atoms with Crippen molar-refractivity contribution in [3.05, 3.63) is 69.8 Å². The second-order valence-corrected chi connectivity index (χ2v) is 7.29. The van der Waals surface area contributed by atoms with Crippen molar-refractivity contribution < 1.29 is 9.59 Å². The zero-order valence-corrected chi connectivity index (χ0v) is 17.3. The fourth-order valence-corrected chi connectivity index (χ4v) is 3.20. The van der Waals surface area contributed by atoms with Crippen LogP contribution in [0.25, 0.3) is 10.9 Å². The number of anilines is 1. The third-order valence-corrected chi connectivity index (χ3v) is 4.69. The van der Waals surface area contributed by atoms with Gasteiger partial charge in [-0.2, -0.15) is 0 Å². The number of H-pyrrole nitrogens is 1. The highest BCUT2D eigenvalue weighted by atomic mass is 16.2. The molecule has 0 saturated heterocycles. The molecule has 0 unspecified atom stereocenters. The van der Waals surface area contributed by atoms with Gasteiger partial charge in [0.2, 0.25) is 11.8 Å². The van der Waals surface area contributed by atoms with Crippen LogP contribution in [0.4, 0.5) is 5.69 Å². The Morgan fingerprint density at radius 1 is 1.03 bits per heavy atom. The Balaban J connectivity index is 1.51. The van der Waals surface area contributed by atoms with Crippen LogP contribution < -0.4 is 16.2 Å². The zero-order chi connectivity index (χ0) is 21.7. The van der Waals surface area contributed by atoms with Crippen molar-refractivity contribution in [2.45, 2.75) is 20.4 Å². The molecule has 0 aliphatic carbocycles. The quantitative estimate of drug-likeness (QED) is 0.553. The van der Waals surface area contributed by atoms with E-state index in [1.807, 2.05) is 38.1 Å². The molecule has 0 aliphatic heterocycles. The lowest BCUT2D eigenvalue weighted by atomic mass is 10.1. The van der Waals surface area contributed by atoms with Crippen LogP contribution in [-0.2, 0) is 16.1 Å². The molecule has 0 bridgehead atoms. The number of nitrogens with one attached hydrogen (secondary N) is 3. The average molecular weight is 407 g/mol. The summed E-state index contributed by atoms with van der Waals surface area (Å²) in [5.41, 5.74) is 3.09. The topological polar surface area (TPSA) is 107 Å². The number of carbonyl (C=O) groups is 2. The number of amides is 2. The molecule has 3 aromatic rings. The van der Waals surface area contributed by atoms with Gasteiger partial charge in [0.05, 0.1) is 30.5 Å². The fourth-order valence-electron chi connectivity index (χ4n) is 3.20. The van der Waals surface area contributed by atoms with Crippen LogP contribution in [0.1, 0.15) is 17.0 Å². The Labute approximate surface area is 174 Å². The van der Waals surface area contributed by atoms with Crippen molar-refractivity contribution in [3.8, 4) is 0 Å². The van der Waals surface area contributed by atoms with E-state index in [-0.39, 0.29) is 30.5 Å². The Kier molecular flexibility index (Phi) is 6.58. The molecule has 0 aliphatic rings. The van der Waals surface area contributed by atoms with Gasteiger partial charge in [-0.3, -0.25) is 19.3 Å². The number of hydrogen-bond donors (Lipinski definition) is 3. The van der Waals surface area contributed by atoms with Gasteiger partial charge in [0.1, 0.15) is 5.82 Å². The number of aromatic amines is 1. The van der Waals surface area contributed by atoms with E-state index in [0.29, 0.717) is 23.3 Å². The molecule has 2 amide bonds. The Bertz CT molecular complexity index is 1120. The molecule has 8 heteroatoms. The van der Waals surface area contributed by atoms with E-state index in [1.165, 1.54) is 0 Å². The summed E-state index contributed by atoms with van der Waals surface area (Å²) in [4.78, 5) is 45.4. The first-order chi connectivity index (χ1) is 14.3. The van der Waals surface area contributed by atoms with Crippen molar-refractivity contribution in [2.24, 2.45) is 0 Å². The highest BCUT2D eigenvalue weighted by Crippen LogP contribution is 2.18. The van der Waals surface area contributed by atoms with Crippen LogP contribution in [0.5, 0.6) is 0 Å². The molecule has 8 nitrogen and oxygen atoms in total. The predicted octanol–water partition coefficient (Wildman–Crippen LogP) is 1.73. The molecular weight excluding hydrogens is 382 g/mol. The smallest absolute Gasteiger partial charge is 0.258 e. The van der Waals surface area contributed by atoms with E-state index in [0.717, 1.165) is 16.8 Å². The monoisotopic (exact) mass is 407 g/mol. The number of rotatable bonds is 7. The number of carbonyl (C=O) groups excluding carboxylic acids is 2. The number of para-hydroxylation sites is 2. The van der Waals surface area contributed by atoms with Gasteiger partial charge in [-0.05, 0) is 44.2 Å². The number of aryl methyl sites for hydroxylation is 2. The van der Waals surface area contributed by atoms with E-state index >= 15 is 0 Å². The maximum absolute atomic E-state index is 12.2. The molecule has 0 spiro atoms. The molecule has 1 heterocycles. The molecule has 0 atom stereocenters. The number of hydrogen-bond acceptors (Lipinski definition) is 5. The van der Waals surface area contributed by atoms with E-state index in [1.54, 1.807) is 30.1 Å². The summed E-state index contributed by atoms with van der Waals surface area (Å²) in [6.07, 6.45) is 0. The molecule has 0 radical (unpaired) electrons. The number of fused-ring (bicyclic) bond motifs is 1. The second-order valence-electron chi connectivity index (χ2n) is 7.29. The molecule has 3 N–H and O–H groups in total. The maximum Gasteiger partial charge on any atom is 0.258 e. The van der Waals surface area contributed by atoms with Gasteiger partial charge in [0.15, 0.2) is 0 Å². The lowest BCUT2D eigenvalue weighted by Gasteiger charge is -2.16. The van der Waals surface area contributed by atoms with Crippen LogP contribution >= 0.6 is 0 Å². The van der Waals surface area contributed by atoms with Crippen molar-refractivity contribution in [1.29, 1.82) is 0 Å². The zero-order valence-electron chi connectivity index (χ0n) is 17.3. The molecule has 3 rings (SSSR count). The lowest BCUT2D eigenvalue weighted by molar-refractivity contribution is -0.124. The summed E-state index contributed by atoms with van der Waals surface area (Å²) in [5, 5.41) is 5.97. The van der Waals surface area contributed by atoms with Crippen LogP contribution in [-0.4, -0.2) is 46.8 Å². The van der Waals surface area contributed by atoms with Crippen LogP contribution in [0.2, 0.25) is 0 Å². The van der Waals surface area contributed by atoms with Crippen molar-refractivity contribution in [2.75, 3.05) is 25.5 Å². The Morgan fingerprint density at radius 2 is 1.73 bits per heavy atom. The van der Waals surface area contributed by atoms with Gasteiger partial charge < -0.3 is 15.6 Å². The minimum atomic E-state index is -0.294. The summed E-state index contributed by atoms with van der Waals surface area (Å²) in [7, 11) is 1.74. The number of benzene rings is 2. The first-order valence-electron chi connectivity index (χ1n) is 9.62. The van der Waals surface area contributed by atoms with E-state index in [4.69, 9.17) is 0 Å². The summed E-state index contributed by atoms with van der Waals surface area (Å²) in [5.74, 6) is -0.108. The lowest BCUT2D eigenvalue weighted by Crippen LogP contribution is -2.39. The fraction of sp³-hybridized carbons (Fsp3) is 0.273. The first-order valence-corrected chi connectivity index (χ1v) is 9.62. The molecule has 30 heavy (non-hydrogen) atoms. The molecule has 0 fully saturated rings. The number of aromatic nitrogens is 2. The predicted molar refractivity (Wildman–Crippen MR) is 116 cm³/mol. The van der Waals surface area contributed by atoms with Crippen LogP contribution in [0, 0.1) is 13.8 Å². The van der Waals surface area contributed by atoms with E-state index in [2.05, 4.69) is 20.6 Å². The van der Waals surface area contributed by atoms with Gasteiger partial charge in [-0.25, -0.2) is 4.98 Å². The highest BCUT2D eigenvalue weighted by molar-refractivity contribution is 5.95. The van der Waals surface area contributed by atoms with Gasteiger partial charge in [-0.15, -0.1) is 0 Å². The maximum atomic E-state index is 12.2. The van der Waals surface area contributed by atoms with Gasteiger partial charge >= 0.3 is 0 Å². The van der Waals surface area contributed by atoms with Crippen molar-refractivity contribution in [3.63, 3.8) is 0 Å². The Morgan fingerprint density at radius 3 is 2.47 bits per heavy atom. The number of nitrogens with zero attached hydrogens (tertiary/aromatic N) is 2. The van der Waals surface area contributed by atoms with Crippen LogP contribution in [0.15, 0.2) is 47.3 Å². The SMILES string of the molecule is Cc1cccc(C)c1NC(=O)CNC(=O)CN(C)Cc1nc2ccccc2c(=O)[nH]1. The van der Waals surface area contributed by atoms with Crippen molar-refractivity contribution in [1.82, 2.24) is 20.2 Å². The molecular formula is C22H25N5O3. The standard InChI is InChI=1S/C22H25N5O3/c1-14-7-6-8-15(2)21(14)26-19(28)11-23-20(29)13-27(3)12-18-24-17-10-5-4-9-16(17)22(30)25-18/h4-10H,11-13H2,1-3H3,(H,23,29)(H,26,28)(H,24,25,30). The molecule has 1 aromatic heterocycles. The summed E-state index contributed by atoms with van der Waals surface area (Å²) >= 11 is 0.